The first-order valence-corrected chi connectivity index (χ1v) is 7.94. The lowest BCUT2D eigenvalue weighted by molar-refractivity contribution is 0.204. The zero-order valence-corrected chi connectivity index (χ0v) is 14.1. The largest absolute Gasteiger partial charge is 0.464 e. The lowest BCUT2D eigenvalue weighted by Gasteiger charge is -2.21. The van der Waals surface area contributed by atoms with Crippen LogP contribution in [0.4, 0.5) is 16.3 Å². The fourth-order valence-corrected chi connectivity index (χ4v) is 2.93. The van der Waals surface area contributed by atoms with Crippen LogP contribution in [0.1, 0.15) is 5.69 Å². The number of carbonyl (C=O) groups is 1. The van der Waals surface area contributed by atoms with Gasteiger partial charge in [-0.3, -0.25) is 0 Å². The van der Waals surface area contributed by atoms with E-state index >= 15 is 0 Å². The number of aromatic nitrogens is 2. The van der Waals surface area contributed by atoms with Gasteiger partial charge >= 0.3 is 6.09 Å². The van der Waals surface area contributed by atoms with E-state index in [0.717, 1.165) is 4.90 Å². The minimum absolute atomic E-state index is 0.309. The summed E-state index contributed by atoms with van der Waals surface area (Å²) in [7, 11) is 0. The number of hydrogen-bond donors (Lipinski definition) is 2. The molecule has 3 aromatic rings. The summed E-state index contributed by atoms with van der Waals surface area (Å²) in [5.41, 5.74) is 1.53. The SMILES string of the molecule is O=C(O)N(c1ccccc1)c1c(Br)c(CO)nn1-c1ccccc1. The van der Waals surface area contributed by atoms with Crippen molar-refractivity contribution in [2.45, 2.75) is 6.61 Å². The highest BCUT2D eigenvalue weighted by atomic mass is 79.9. The molecule has 0 unspecified atom stereocenters. The van der Waals surface area contributed by atoms with E-state index in [9.17, 15) is 15.0 Å². The normalized spacial score (nSPS) is 10.6. The Hall–Kier alpha value is -2.64. The lowest BCUT2D eigenvalue weighted by atomic mass is 10.3. The maximum Gasteiger partial charge on any atom is 0.417 e. The predicted octanol–water partition coefficient (Wildman–Crippen LogP) is 3.94. The van der Waals surface area contributed by atoms with Gasteiger partial charge in [-0.2, -0.15) is 5.10 Å². The molecule has 0 radical (unpaired) electrons. The molecule has 122 valence electrons. The number of nitrogens with zero attached hydrogens (tertiary/aromatic N) is 3. The lowest BCUT2D eigenvalue weighted by Crippen LogP contribution is -2.26. The number of benzene rings is 2. The molecule has 24 heavy (non-hydrogen) atoms. The molecule has 1 heterocycles. The van der Waals surface area contributed by atoms with Crippen molar-refractivity contribution >= 4 is 33.5 Å². The zero-order valence-electron chi connectivity index (χ0n) is 12.5. The zero-order chi connectivity index (χ0) is 17.1. The summed E-state index contributed by atoms with van der Waals surface area (Å²) in [6.45, 7) is -0.310. The van der Waals surface area contributed by atoms with Gasteiger partial charge in [0.25, 0.3) is 0 Å². The number of rotatable bonds is 4. The summed E-state index contributed by atoms with van der Waals surface area (Å²) in [6, 6.07) is 17.9. The third kappa shape index (κ3) is 2.91. The number of aliphatic hydroxyl groups excluding tert-OH is 1. The first-order chi connectivity index (χ1) is 11.6. The van der Waals surface area contributed by atoms with Crippen molar-refractivity contribution in [1.29, 1.82) is 0 Å². The van der Waals surface area contributed by atoms with Crippen LogP contribution in [0.3, 0.4) is 0 Å². The second kappa shape index (κ2) is 6.86. The molecule has 2 N–H and O–H groups in total. The van der Waals surface area contributed by atoms with E-state index < -0.39 is 6.09 Å². The summed E-state index contributed by atoms with van der Waals surface area (Å²) in [5, 5.41) is 23.6. The maximum atomic E-state index is 11.9. The topological polar surface area (TPSA) is 78.6 Å². The molecule has 0 saturated heterocycles. The fourth-order valence-electron chi connectivity index (χ4n) is 2.38. The van der Waals surface area contributed by atoms with Gasteiger partial charge in [0.05, 0.1) is 22.5 Å². The third-order valence-corrected chi connectivity index (χ3v) is 4.25. The second-order valence-corrected chi connectivity index (χ2v) is 5.74. The molecule has 0 fully saturated rings. The number of halogens is 1. The predicted molar refractivity (Wildman–Crippen MR) is 93.8 cm³/mol. The van der Waals surface area contributed by atoms with Gasteiger partial charge in [-0.25, -0.2) is 14.4 Å². The Morgan fingerprint density at radius 1 is 1.08 bits per heavy atom. The monoisotopic (exact) mass is 387 g/mol. The Balaban J connectivity index is 2.25. The van der Waals surface area contributed by atoms with Crippen LogP contribution in [0.25, 0.3) is 5.69 Å². The number of hydrogen-bond acceptors (Lipinski definition) is 3. The molecule has 2 aromatic carbocycles. The Morgan fingerprint density at radius 3 is 2.21 bits per heavy atom. The van der Waals surface area contributed by atoms with E-state index in [1.807, 2.05) is 36.4 Å². The molecule has 1 amide bonds. The van der Waals surface area contributed by atoms with E-state index in [1.165, 1.54) is 4.68 Å². The van der Waals surface area contributed by atoms with E-state index in [4.69, 9.17) is 0 Å². The Labute approximate surface area is 146 Å². The van der Waals surface area contributed by atoms with Gasteiger partial charge < -0.3 is 10.2 Å². The number of amides is 1. The summed E-state index contributed by atoms with van der Waals surface area (Å²) >= 11 is 3.38. The van der Waals surface area contributed by atoms with Crippen LogP contribution < -0.4 is 4.90 Å². The molecule has 0 aliphatic carbocycles. The average Bonchev–Trinajstić information content (AvgIpc) is 2.93. The van der Waals surface area contributed by atoms with Crippen LogP contribution >= 0.6 is 15.9 Å². The maximum absolute atomic E-state index is 11.9. The molecule has 0 saturated carbocycles. The smallest absolute Gasteiger partial charge is 0.417 e. The minimum Gasteiger partial charge on any atom is -0.464 e. The van der Waals surface area contributed by atoms with Crippen LogP contribution in [0.15, 0.2) is 65.1 Å². The van der Waals surface area contributed by atoms with Crippen LogP contribution in [0.2, 0.25) is 0 Å². The van der Waals surface area contributed by atoms with Crippen LogP contribution in [-0.2, 0) is 6.61 Å². The number of para-hydroxylation sites is 2. The van der Waals surface area contributed by atoms with Crippen molar-refractivity contribution in [2.75, 3.05) is 4.90 Å². The highest BCUT2D eigenvalue weighted by molar-refractivity contribution is 9.10. The molecule has 0 aliphatic rings. The Bertz CT molecular complexity index is 850. The van der Waals surface area contributed by atoms with Gasteiger partial charge in [0, 0.05) is 0 Å². The van der Waals surface area contributed by atoms with Crippen molar-refractivity contribution in [1.82, 2.24) is 9.78 Å². The van der Waals surface area contributed by atoms with Gasteiger partial charge in [0.2, 0.25) is 0 Å². The Morgan fingerprint density at radius 2 is 1.67 bits per heavy atom. The van der Waals surface area contributed by atoms with Crippen molar-refractivity contribution in [3.05, 3.63) is 70.8 Å². The van der Waals surface area contributed by atoms with Crippen molar-refractivity contribution in [2.24, 2.45) is 0 Å². The first-order valence-electron chi connectivity index (χ1n) is 7.15. The highest BCUT2D eigenvalue weighted by Crippen LogP contribution is 2.36. The first kappa shape index (κ1) is 16.2. The molecular weight excluding hydrogens is 374 g/mol. The van der Waals surface area contributed by atoms with Gasteiger partial charge in [0.1, 0.15) is 5.69 Å². The van der Waals surface area contributed by atoms with Crippen LogP contribution in [0.5, 0.6) is 0 Å². The number of carboxylic acid groups (broad SMARTS) is 1. The molecule has 0 bridgehead atoms. The van der Waals surface area contributed by atoms with Crippen molar-refractivity contribution < 1.29 is 15.0 Å². The van der Waals surface area contributed by atoms with E-state index in [-0.39, 0.29) is 6.61 Å². The van der Waals surface area contributed by atoms with Crippen LogP contribution in [0, 0.1) is 0 Å². The number of aliphatic hydroxyl groups is 1. The molecule has 1 aromatic heterocycles. The quantitative estimate of drug-likeness (QED) is 0.710. The van der Waals surface area contributed by atoms with E-state index in [1.54, 1.807) is 24.3 Å². The summed E-state index contributed by atoms with van der Waals surface area (Å²) < 4.78 is 1.93. The van der Waals surface area contributed by atoms with E-state index in [0.29, 0.717) is 27.4 Å². The summed E-state index contributed by atoms with van der Waals surface area (Å²) in [5.74, 6) is 0.309. The molecule has 0 atom stereocenters. The van der Waals surface area contributed by atoms with E-state index in [2.05, 4.69) is 21.0 Å². The standard InChI is InChI=1S/C17H14BrN3O3/c18-15-14(11-22)19-21(13-9-5-2-6-10-13)16(15)20(17(23)24)12-7-3-1-4-8-12/h1-10,22H,11H2,(H,23,24). The molecular formula is C17H14BrN3O3. The molecule has 3 rings (SSSR count). The van der Waals surface area contributed by atoms with Gasteiger partial charge in [-0.15, -0.1) is 0 Å². The van der Waals surface area contributed by atoms with Crippen molar-refractivity contribution in [3.63, 3.8) is 0 Å². The minimum atomic E-state index is -1.15. The fraction of sp³-hybridized carbons (Fsp3) is 0.0588. The second-order valence-electron chi connectivity index (χ2n) is 4.94. The van der Waals surface area contributed by atoms with Crippen LogP contribution in [-0.4, -0.2) is 26.1 Å². The average molecular weight is 388 g/mol. The van der Waals surface area contributed by atoms with Crippen molar-refractivity contribution in [3.8, 4) is 5.69 Å². The van der Waals surface area contributed by atoms with Gasteiger partial charge in [-0.05, 0) is 40.2 Å². The molecule has 7 heteroatoms. The Kier molecular flexibility index (Phi) is 4.64. The van der Waals surface area contributed by atoms with Gasteiger partial charge in [-0.1, -0.05) is 36.4 Å². The molecule has 0 aliphatic heterocycles. The molecule has 0 spiro atoms. The highest BCUT2D eigenvalue weighted by Gasteiger charge is 2.27. The molecule has 6 nitrogen and oxygen atoms in total. The van der Waals surface area contributed by atoms with Gasteiger partial charge in [0.15, 0.2) is 5.82 Å². The number of anilines is 2. The third-order valence-electron chi connectivity index (χ3n) is 3.44. The summed E-state index contributed by atoms with van der Waals surface area (Å²) in [6.07, 6.45) is -1.15. The summed E-state index contributed by atoms with van der Waals surface area (Å²) in [4.78, 5) is 13.1.